The Morgan fingerprint density at radius 2 is 2.17 bits per heavy atom. The van der Waals surface area contributed by atoms with Gasteiger partial charge in [0, 0.05) is 32.2 Å². The van der Waals surface area contributed by atoms with Gasteiger partial charge in [-0.3, -0.25) is 0 Å². The maximum atomic E-state index is 5.47. The fraction of sp³-hybridized carbons (Fsp3) is 0.692. The minimum Gasteiger partial charge on any atom is -0.380 e. The van der Waals surface area contributed by atoms with Crippen LogP contribution < -0.4 is 4.90 Å². The van der Waals surface area contributed by atoms with Crippen molar-refractivity contribution in [1.82, 2.24) is 9.97 Å². The summed E-state index contributed by atoms with van der Waals surface area (Å²) in [6, 6.07) is 2.02. The van der Waals surface area contributed by atoms with Gasteiger partial charge in [0.05, 0.1) is 6.10 Å². The zero-order valence-electron chi connectivity index (χ0n) is 10.6. The van der Waals surface area contributed by atoms with Crippen LogP contribution in [0.1, 0.15) is 37.4 Å². The maximum absolute atomic E-state index is 5.47. The third-order valence-electron chi connectivity index (χ3n) is 3.68. The van der Waals surface area contributed by atoms with E-state index >= 15 is 0 Å². The largest absolute Gasteiger partial charge is 0.380 e. The smallest absolute Gasteiger partial charge is 0.135 e. The highest BCUT2D eigenvalue weighted by Crippen LogP contribution is 2.39. The summed E-state index contributed by atoms with van der Waals surface area (Å²) in [7, 11) is 1.79. The van der Waals surface area contributed by atoms with Crippen molar-refractivity contribution in [3.63, 3.8) is 0 Å². The van der Waals surface area contributed by atoms with Gasteiger partial charge in [-0.1, -0.05) is 0 Å². The maximum Gasteiger partial charge on any atom is 0.135 e. The van der Waals surface area contributed by atoms with Crippen LogP contribution in [0.25, 0.3) is 0 Å². The number of anilines is 1. The molecule has 1 unspecified atom stereocenters. The second kappa shape index (κ2) is 5.13. The molecule has 0 aromatic carbocycles. The molecule has 2 heterocycles. The molecule has 0 bridgehead atoms. The molecule has 2 fully saturated rings. The van der Waals surface area contributed by atoms with Gasteiger partial charge in [-0.2, -0.15) is 0 Å². The Hall–Kier alpha value is -0.680. The van der Waals surface area contributed by atoms with Crippen molar-refractivity contribution in [2.24, 2.45) is 0 Å². The summed E-state index contributed by atoms with van der Waals surface area (Å²) in [4.78, 5) is 11.5. The molecule has 98 valence electrons. The van der Waals surface area contributed by atoms with Crippen LogP contribution in [0, 0.1) is 0 Å². The highest BCUT2D eigenvalue weighted by atomic mass is 79.9. The van der Waals surface area contributed by atoms with Gasteiger partial charge in [0.1, 0.15) is 16.2 Å². The van der Waals surface area contributed by atoms with Crippen molar-refractivity contribution < 1.29 is 4.74 Å². The molecule has 4 nitrogen and oxygen atoms in total. The second-order valence-corrected chi connectivity index (χ2v) is 5.94. The molecule has 3 rings (SSSR count). The molecule has 1 aromatic rings. The number of ether oxygens (including phenoxy) is 1. The van der Waals surface area contributed by atoms with E-state index in [1.54, 1.807) is 7.11 Å². The van der Waals surface area contributed by atoms with Crippen LogP contribution in [0.15, 0.2) is 10.7 Å². The van der Waals surface area contributed by atoms with E-state index in [0.29, 0.717) is 12.0 Å². The number of hydrogen-bond donors (Lipinski definition) is 0. The molecule has 1 aliphatic heterocycles. The number of piperidine rings is 1. The third-order valence-corrected chi connectivity index (χ3v) is 4.08. The van der Waals surface area contributed by atoms with Gasteiger partial charge in [-0.15, -0.1) is 0 Å². The van der Waals surface area contributed by atoms with Crippen LogP contribution in [-0.2, 0) is 4.74 Å². The molecule has 1 aromatic heterocycles. The number of hydrogen-bond acceptors (Lipinski definition) is 4. The fourth-order valence-corrected chi connectivity index (χ4v) is 2.83. The number of rotatable bonds is 3. The highest BCUT2D eigenvalue weighted by molar-refractivity contribution is 9.10. The first kappa shape index (κ1) is 12.4. The van der Waals surface area contributed by atoms with Crippen LogP contribution in [0.5, 0.6) is 0 Å². The number of aromatic nitrogens is 2. The van der Waals surface area contributed by atoms with Crippen molar-refractivity contribution >= 4 is 21.7 Å². The van der Waals surface area contributed by atoms with Crippen LogP contribution in [0.4, 0.5) is 5.82 Å². The Kier molecular flexibility index (Phi) is 3.52. The lowest BCUT2D eigenvalue weighted by molar-refractivity contribution is 0.0891. The van der Waals surface area contributed by atoms with Crippen LogP contribution in [0.2, 0.25) is 0 Å². The topological polar surface area (TPSA) is 38.2 Å². The summed E-state index contributed by atoms with van der Waals surface area (Å²) in [5.74, 6) is 2.63. The molecular formula is C13H18BrN3O. The minimum atomic E-state index is 0.330. The van der Waals surface area contributed by atoms with Crippen LogP contribution in [-0.4, -0.2) is 36.3 Å². The van der Waals surface area contributed by atoms with Gasteiger partial charge in [0.15, 0.2) is 0 Å². The second-order valence-electron chi connectivity index (χ2n) is 5.13. The standard InChI is InChI=1S/C13H18BrN3O/c1-18-10-3-2-6-17(8-10)12-7-11(14)15-13(16-12)9-4-5-9/h7,9-10H,2-6,8H2,1H3. The minimum absolute atomic E-state index is 0.330. The lowest BCUT2D eigenvalue weighted by Gasteiger charge is -2.32. The predicted octanol–water partition coefficient (Wildman–Crippen LogP) is 2.73. The fourth-order valence-electron chi connectivity index (χ4n) is 2.45. The molecular weight excluding hydrogens is 294 g/mol. The van der Waals surface area contributed by atoms with E-state index in [2.05, 4.69) is 25.8 Å². The van der Waals surface area contributed by atoms with Gasteiger partial charge in [-0.25, -0.2) is 9.97 Å². The van der Waals surface area contributed by atoms with Crippen LogP contribution in [0.3, 0.4) is 0 Å². The first-order valence-electron chi connectivity index (χ1n) is 6.58. The number of methoxy groups -OCH3 is 1. The summed E-state index contributed by atoms with van der Waals surface area (Å²) in [6.07, 6.45) is 5.11. The molecule has 1 atom stereocenters. The SMILES string of the molecule is COC1CCCN(c2cc(Br)nc(C3CC3)n2)C1. The first-order valence-corrected chi connectivity index (χ1v) is 7.38. The lowest BCUT2D eigenvalue weighted by atomic mass is 10.1. The molecule has 0 radical (unpaired) electrons. The Morgan fingerprint density at radius 1 is 1.33 bits per heavy atom. The molecule has 2 aliphatic rings. The van der Waals surface area contributed by atoms with E-state index in [9.17, 15) is 0 Å². The molecule has 0 N–H and O–H groups in total. The van der Waals surface area contributed by atoms with E-state index in [-0.39, 0.29) is 0 Å². The highest BCUT2D eigenvalue weighted by Gasteiger charge is 2.28. The Labute approximate surface area is 116 Å². The molecule has 1 saturated carbocycles. The van der Waals surface area contributed by atoms with Gasteiger partial charge >= 0.3 is 0 Å². The van der Waals surface area contributed by atoms with E-state index in [0.717, 1.165) is 35.8 Å². The zero-order valence-corrected chi connectivity index (χ0v) is 12.2. The monoisotopic (exact) mass is 311 g/mol. The molecule has 18 heavy (non-hydrogen) atoms. The van der Waals surface area contributed by atoms with Crippen LogP contribution >= 0.6 is 15.9 Å². The number of nitrogens with zero attached hydrogens (tertiary/aromatic N) is 3. The molecule has 0 spiro atoms. The molecule has 1 saturated heterocycles. The summed E-state index contributed by atoms with van der Waals surface area (Å²) in [5, 5.41) is 0. The van der Waals surface area contributed by atoms with E-state index in [1.807, 2.05) is 6.07 Å². The third kappa shape index (κ3) is 2.67. The zero-order chi connectivity index (χ0) is 12.5. The predicted molar refractivity (Wildman–Crippen MR) is 74.0 cm³/mol. The van der Waals surface area contributed by atoms with Gasteiger partial charge in [0.2, 0.25) is 0 Å². The van der Waals surface area contributed by atoms with Crippen molar-refractivity contribution in [3.8, 4) is 0 Å². The van der Waals surface area contributed by atoms with Gasteiger partial charge in [-0.05, 0) is 41.6 Å². The van der Waals surface area contributed by atoms with Crippen molar-refractivity contribution in [1.29, 1.82) is 0 Å². The van der Waals surface area contributed by atoms with E-state index in [4.69, 9.17) is 9.72 Å². The average Bonchev–Trinajstić information content (AvgIpc) is 3.22. The quantitative estimate of drug-likeness (QED) is 0.805. The number of halogens is 1. The van der Waals surface area contributed by atoms with Crippen molar-refractivity contribution in [2.45, 2.75) is 37.7 Å². The average molecular weight is 312 g/mol. The van der Waals surface area contributed by atoms with E-state index < -0.39 is 0 Å². The normalized spacial score (nSPS) is 24.3. The summed E-state index contributed by atoms with van der Waals surface area (Å²) in [6.45, 7) is 2.00. The molecule has 1 aliphatic carbocycles. The molecule has 5 heteroatoms. The van der Waals surface area contributed by atoms with Gasteiger partial charge < -0.3 is 9.64 Å². The summed E-state index contributed by atoms with van der Waals surface area (Å²) < 4.78 is 6.36. The molecule has 0 amide bonds. The van der Waals surface area contributed by atoms with Gasteiger partial charge in [0.25, 0.3) is 0 Å². The lowest BCUT2D eigenvalue weighted by Crippen LogP contribution is -2.39. The Balaban J connectivity index is 1.81. The van der Waals surface area contributed by atoms with Crippen molar-refractivity contribution in [2.75, 3.05) is 25.1 Å². The summed E-state index contributed by atoms with van der Waals surface area (Å²) >= 11 is 3.50. The Morgan fingerprint density at radius 3 is 2.89 bits per heavy atom. The van der Waals surface area contributed by atoms with E-state index in [1.165, 1.54) is 19.3 Å². The summed E-state index contributed by atoms with van der Waals surface area (Å²) in [5.41, 5.74) is 0. The Bertz CT molecular complexity index is 436. The first-order chi connectivity index (χ1) is 8.76. The van der Waals surface area contributed by atoms with Crippen molar-refractivity contribution in [3.05, 3.63) is 16.5 Å².